The molecular weight excluding hydrogens is 544 g/mol. The zero-order valence-corrected chi connectivity index (χ0v) is 20.9. The molecule has 0 aromatic heterocycles. The number of aliphatic hydroxyl groups excluding tert-OH is 1. The molecule has 2 aromatic carbocycles. The van der Waals surface area contributed by atoms with Gasteiger partial charge in [0.05, 0.1) is 18.9 Å². The summed E-state index contributed by atoms with van der Waals surface area (Å²) in [5, 5.41) is 30.6. The van der Waals surface area contributed by atoms with Crippen LogP contribution in [0.1, 0.15) is 36.8 Å². The molecule has 0 atom stereocenters. The number of carboxylic acids is 1. The van der Waals surface area contributed by atoms with Crippen molar-refractivity contribution in [2.45, 2.75) is 44.4 Å². The summed E-state index contributed by atoms with van der Waals surface area (Å²) >= 11 is 6.93. The Balaban J connectivity index is 0.000000235. The van der Waals surface area contributed by atoms with Crippen molar-refractivity contribution in [1.82, 2.24) is 5.32 Å². The smallest absolute Gasteiger partial charge is 0.328 e. The van der Waals surface area contributed by atoms with Crippen molar-refractivity contribution in [2.75, 3.05) is 12.8 Å². The number of rotatable bonds is 6. The molecule has 1 aliphatic rings. The van der Waals surface area contributed by atoms with Gasteiger partial charge in [-0.15, -0.1) is 0 Å². The van der Waals surface area contributed by atoms with Crippen molar-refractivity contribution in [1.29, 1.82) is 0 Å². The highest BCUT2D eigenvalue weighted by Crippen LogP contribution is 2.29. The Hall–Kier alpha value is -2.07. The van der Waals surface area contributed by atoms with Gasteiger partial charge in [-0.2, -0.15) is 0 Å². The summed E-state index contributed by atoms with van der Waals surface area (Å²) in [4.78, 5) is 10.2. The van der Waals surface area contributed by atoms with Crippen LogP contribution in [0.2, 0.25) is 0 Å². The molecule has 9 heteroatoms. The van der Waals surface area contributed by atoms with E-state index in [1.807, 2.05) is 12.1 Å². The number of carboxylic acid groups (broad SMARTS) is 1. The van der Waals surface area contributed by atoms with Crippen molar-refractivity contribution in [3.8, 4) is 11.5 Å². The van der Waals surface area contributed by atoms with E-state index in [4.69, 9.17) is 15.6 Å². The van der Waals surface area contributed by atoms with E-state index >= 15 is 0 Å². The first kappa shape index (κ1) is 26.2. The number of hydrogen-bond donors (Lipinski definition) is 5. The van der Waals surface area contributed by atoms with Crippen LogP contribution >= 0.6 is 31.9 Å². The van der Waals surface area contributed by atoms with Gasteiger partial charge in [-0.25, -0.2) is 4.79 Å². The number of ether oxygens (including phenoxy) is 1. The van der Waals surface area contributed by atoms with Crippen LogP contribution in [0.4, 0.5) is 5.69 Å². The molecular formula is C23H28Br2N2O5. The molecule has 1 saturated carbocycles. The predicted molar refractivity (Wildman–Crippen MR) is 133 cm³/mol. The first-order valence-corrected chi connectivity index (χ1v) is 11.7. The molecule has 0 bridgehead atoms. The van der Waals surface area contributed by atoms with E-state index in [2.05, 4.69) is 37.2 Å². The van der Waals surface area contributed by atoms with Gasteiger partial charge >= 0.3 is 5.97 Å². The largest absolute Gasteiger partial charge is 0.504 e. The molecule has 6 N–H and O–H groups in total. The van der Waals surface area contributed by atoms with Crippen molar-refractivity contribution in [3.05, 3.63) is 56.5 Å². The number of nitrogens with two attached hydrogens (primary N) is 1. The second-order valence-electron chi connectivity index (χ2n) is 7.45. The molecule has 1 aliphatic carbocycles. The van der Waals surface area contributed by atoms with Gasteiger partial charge in [0.25, 0.3) is 0 Å². The summed E-state index contributed by atoms with van der Waals surface area (Å²) < 4.78 is 6.81. The number of anilines is 1. The number of carbonyl (C=O) groups is 1. The normalized spacial score (nSPS) is 18.1. The maximum Gasteiger partial charge on any atom is 0.328 e. The van der Waals surface area contributed by atoms with Gasteiger partial charge in [-0.3, -0.25) is 0 Å². The lowest BCUT2D eigenvalue weighted by Crippen LogP contribution is -2.34. The highest BCUT2D eigenvalue weighted by atomic mass is 79.9. The van der Waals surface area contributed by atoms with Crippen molar-refractivity contribution < 1.29 is 24.9 Å². The highest BCUT2D eigenvalue weighted by molar-refractivity contribution is 9.11. The molecule has 174 valence electrons. The number of aliphatic carboxylic acids is 1. The number of halogens is 2. The molecule has 0 aliphatic heterocycles. The number of phenols is 1. The number of aromatic hydroxyl groups is 1. The fourth-order valence-electron chi connectivity index (χ4n) is 3.28. The van der Waals surface area contributed by atoms with Gasteiger partial charge in [0.1, 0.15) is 0 Å². The number of benzene rings is 2. The molecule has 3 rings (SSSR count). The first-order valence-electron chi connectivity index (χ1n) is 10.1. The zero-order valence-electron chi connectivity index (χ0n) is 17.7. The third kappa shape index (κ3) is 8.46. The molecule has 7 nitrogen and oxygen atoms in total. The predicted octanol–water partition coefficient (Wildman–Crippen LogP) is 4.69. The van der Waals surface area contributed by atoms with Crippen LogP contribution in [0.15, 0.2) is 45.4 Å². The Morgan fingerprint density at radius 1 is 1.22 bits per heavy atom. The van der Waals surface area contributed by atoms with E-state index in [1.54, 1.807) is 12.1 Å². The average molecular weight is 572 g/mol. The maximum absolute atomic E-state index is 10.2. The number of nitrogens with one attached hydrogen (secondary N) is 1. The number of aliphatic hydroxyl groups is 1. The van der Waals surface area contributed by atoms with Crippen molar-refractivity contribution in [3.63, 3.8) is 0 Å². The summed E-state index contributed by atoms with van der Waals surface area (Å²) in [7, 11) is 1.43. The number of phenolic OH excluding ortho intramolecular Hbond substituents is 1. The minimum Gasteiger partial charge on any atom is -0.504 e. The monoisotopic (exact) mass is 570 g/mol. The summed E-state index contributed by atoms with van der Waals surface area (Å²) in [5.74, 6) is -0.672. The lowest BCUT2D eigenvalue weighted by Gasteiger charge is -2.26. The molecule has 0 amide bonds. The van der Waals surface area contributed by atoms with Crippen LogP contribution in [0, 0.1) is 0 Å². The van der Waals surface area contributed by atoms with Crippen LogP contribution < -0.4 is 15.8 Å². The fraction of sp³-hybridized carbons (Fsp3) is 0.348. The molecule has 0 spiro atoms. The maximum atomic E-state index is 10.2. The summed E-state index contributed by atoms with van der Waals surface area (Å²) in [6, 6.07) is 9.08. The Morgan fingerprint density at radius 2 is 1.91 bits per heavy atom. The van der Waals surface area contributed by atoms with Crippen LogP contribution in [-0.4, -0.2) is 40.5 Å². The van der Waals surface area contributed by atoms with E-state index in [0.717, 1.165) is 58.5 Å². The van der Waals surface area contributed by atoms with Crippen LogP contribution in [-0.2, 0) is 11.3 Å². The minimum atomic E-state index is -1.02. The second kappa shape index (κ2) is 12.8. The van der Waals surface area contributed by atoms with Crippen molar-refractivity contribution in [2.24, 2.45) is 0 Å². The third-order valence-electron chi connectivity index (χ3n) is 5.08. The van der Waals surface area contributed by atoms with Gasteiger partial charge in [0.15, 0.2) is 11.5 Å². The topological polar surface area (TPSA) is 125 Å². The standard InChI is InChI=1S/C13H18Br2N2O.C10H10O4/c14-9-5-8(13(16)12(15)6-9)7-17-10-1-3-11(18)4-2-10;1-14-9-6-7(2-4-8(9)11)3-5-10(12)13/h5-6,10-11,17-18H,1-4,7,16H2;2-6,11H,1H3,(H,12,13)/b;5-3+. The second-order valence-corrected chi connectivity index (χ2v) is 9.22. The molecule has 0 saturated heterocycles. The molecule has 0 radical (unpaired) electrons. The SMILES string of the molecule is COc1cc(/C=C/C(=O)O)ccc1O.Nc1c(Br)cc(Br)cc1CNC1CCC(O)CC1. The molecule has 1 fully saturated rings. The Morgan fingerprint density at radius 3 is 2.53 bits per heavy atom. The Kier molecular flexibility index (Phi) is 10.5. The lowest BCUT2D eigenvalue weighted by molar-refractivity contribution is -0.131. The molecule has 2 aromatic rings. The minimum absolute atomic E-state index is 0.0278. The van der Waals surface area contributed by atoms with E-state index in [9.17, 15) is 15.0 Å². The average Bonchev–Trinajstić information content (AvgIpc) is 2.76. The highest BCUT2D eigenvalue weighted by Gasteiger charge is 2.19. The van der Waals surface area contributed by atoms with E-state index < -0.39 is 5.97 Å². The number of methoxy groups -OCH3 is 1. The summed E-state index contributed by atoms with van der Waals surface area (Å²) in [5.41, 5.74) is 8.59. The summed E-state index contributed by atoms with van der Waals surface area (Å²) in [6.07, 6.45) is 6.21. The van der Waals surface area contributed by atoms with Crippen LogP contribution in [0.25, 0.3) is 6.08 Å². The van der Waals surface area contributed by atoms with E-state index in [1.165, 1.54) is 19.3 Å². The van der Waals surface area contributed by atoms with Gasteiger partial charge in [0.2, 0.25) is 0 Å². The fourth-order valence-corrected chi connectivity index (χ4v) is 4.60. The van der Waals surface area contributed by atoms with E-state index in [0.29, 0.717) is 17.4 Å². The Labute approximate surface area is 204 Å². The number of hydrogen-bond acceptors (Lipinski definition) is 6. The molecule has 32 heavy (non-hydrogen) atoms. The third-order valence-corrected chi connectivity index (χ3v) is 6.19. The first-order chi connectivity index (χ1) is 15.2. The van der Waals surface area contributed by atoms with Crippen molar-refractivity contribution >= 4 is 49.6 Å². The number of nitrogen functional groups attached to an aromatic ring is 1. The van der Waals surface area contributed by atoms with Crippen LogP contribution in [0.5, 0.6) is 11.5 Å². The van der Waals surface area contributed by atoms with Crippen LogP contribution in [0.3, 0.4) is 0 Å². The van der Waals surface area contributed by atoms with Gasteiger partial charge < -0.3 is 31.1 Å². The van der Waals surface area contributed by atoms with E-state index in [-0.39, 0.29) is 11.9 Å². The zero-order chi connectivity index (χ0) is 23.7. The quantitative estimate of drug-likeness (QED) is 0.252. The molecule has 0 unspecified atom stereocenters. The van der Waals surface area contributed by atoms with Gasteiger partial charge in [-0.1, -0.05) is 22.0 Å². The van der Waals surface area contributed by atoms with Gasteiger partial charge in [0, 0.05) is 27.6 Å². The summed E-state index contributed by atoms with van der Waals surface area (Å²) in [6.45, 7) is 0.768. The molecule has 0 heterocycles. The Bertz CT molecular complexity index is 944. The lowest BCUT2D eigenvalue weighted by atomic mass is 9.93. The van der Waals surface area contributed by atoms with Gasteiger partial charge in [-0.05, 0) is 83.1 Å².